The maximum absolute atomic E-state index is 13.2. The van der Waals surface area contributed by atoms with Crippen molar-refractivity contribution in [2.24, 2.45) is 11.3 Å². The van der Waals surface area contributed by atoms with Crippen molar-refractivity contribution in [1.29, 1.82) is 0 Å². The first kappa shape index (κ1) is 18.4. The quantitative estimate of drug-likeness (QED) is 0.636. The summed E-state index contributed by atoms with van der Waals surface area (Å²) in [5.41, 5.74) is 3.93. The molecular weight excluding hydrogens is 318 g/mol. The van der Waals surface area contributed by atoms with Crippen LogP contribution in [0.1, 0.15) is 44.5 Å². The lowest BCUT2D eigenvalue weighted by atomic mass is 9.76. The standard InChI is InChI=1S/C24H29NO/c1-18(2)16-25-15-14-24(3,4)22(17-25)23(26)21-12-10-20(11-13-21)19-8-6-5-7-9-19/h5-13,17-18H,14-16H2,1-4H3. The molecule has 0 aliphatic carbocycles. The molecule has 0 saturated carbocycles. The van der Waals surface area contributed by atoms with E-state index in [0.29, 0.717) is 5.92 Å². The molecule has 3 rings (SSSR count). The third-order valence-corrected chi connectivity index (χ3v) is 5.16. The van der Waals surface area contributed by atoms with Gasteiger partial charge >= 0.3 is 0 Å². The molecule has 0 atom stereocenters. The fraction of sp³-hybridized carbons (Fsp3) is 0.375. The van der Waals surface area contributed by atoms with Gasteiger partial charge in [-0.1, -0.05) is 82.3 Å². The van der Waals surface area contributed by atoms with Crippen LogP contribution in [0.3, 0.4) is 0 Å². The van der Waals surface area contributed by atoms with Crippen LogP contribution in [0.2, 0.25) is 0 Å². The summed E-state index contributed by atoms with van der Waals surface area (Å²) in [6.45, 7) is 10.8. The van der Waals surface area contributed by atoms with Crippen LogP contribution >= 0.6 is 0 Å². The highest BCUT2D eigenvalue weighted by atomic mass is 16.1. The monoisotopic (exact) mass is 347 g/mol. The average Bonchev–Trinajstić information content (AvgIpc) is 2.63. The van der Waals surface area contributed by atoms with E-state index in [9.17, 15) is 4.79 Å². The number of rotatable bonds is 5. The van der Waals surface area contributed by atoms with E-state index in [1.54, 1.807) is 0 Å². The molecule has 0 aromatic heterocycles. The number of benzene rings is 2. The molecule has 2 nitrogen and oxygen atoms in total. The Hall–Kier alpha value is -2.35. The first-order valence-corrected chi connectivity index (χ1v) is 9.53. The van der Waals surface area contributed by atoms with Crippen molar-refractivity contribution in [3.8, 4) is 11.1 Å². The molecule has 2 heteroatoms. The summed E-state index contributed by atoms with van der Waals surface area (Å²) in [6.07, 6.45) is 3.12. The minimum Gasteiger partial charge on any atom is -0.377 e. The Kier molecular flexibility index (Phi) is 5.31. The molecule has 0 spiro atoms. The number of hydrogen-bond acceptors (Lipinski definition) is 2. The average molecular weight is 348 g/mol. The van der Waals surface area contributed by atoms with Gasteiger partial charge < -0.3 is 4.90 Å². The third kappa shape index (κ3) is 4.07. The van der Waals surface area contributed by atoms with Gasteiger partial charge in [0.05, 0.1) is 0 Å². The second-order valence-corrected chi connectivity index (χ2v) is 8.34. The summed E-state index contributed by atoms with van der Waals surface area (Å²) in [7, 11) is 0. The van der Waals surface area contributed by atoms with Gasteiger partial charge in [-0.15, -0.1) is 0 Å². The van der Waals surface area contributed by atoms with Crippen LogP contribution in [0, 0.1) is 11.3 Å². The summed E-state index contributed by atoms with van der Waals surface area (Å²) in [6, 6.07) is 18.3. The van der Waals surface area contributed by atoms with E-state index in [1.165, 1.54) is 5.56 Å². The third-order valence-electron chi connectivity index (χ3n) is 5.16. The SMILES string of the molecule is CC(C)CN1C=C(C(=O)c2ccc(-c3ccccc3)cc2)C(C)(C)CC1. The number of ketones is 1. The van der Waals surface area contributed by atoms with Crippen LogP contribution in [-0.4, -0.2) is 23.8 Å². The number of nitrogens with zero attached hydrogens (tertiary/aromatic N) is 1. The molecule has 1 aliphatic rings. The van der Waals surface area contributed by atoms with Crippen LogP contribution in [0.15, 0.2) is 66.4 Å². The van der Waals surface area contributed by atoms with Gasteiger partial charge in [0.25, 0.3) is 0 Å². The lowest BCUT2D eigenvalue weighted by molar-refractivity contribution is 0.0986. The molecule has 136 valence electrons. The molecule has 0 N–H and O–H groups in total. The van der Waals surface area contributed by atoms with Gasteiger partial charge in [0.15, 0.2) is 5.78 Å². The van der Waals surface area contributed by atoms with Crippen molar-refractivity contribution in [2.75, 3.05) is 13.1 Å². The Morgan fingerprint density at radius 2 is 1.62 bits per heavy atom. The highest BCUT2D eigenvalue weighted by molar-refractivity contribution is 6.09. The van der Waals surface area contributed by atoms with Crippen LogP contribution < -0.4 is 0 Å². The van der Waals surface area contributed by atoms with E-state index in [-0.39, 0.29) is 11.2 Å². The van der Waals surface area contributed by atoms with E-state index in [2.05, 4.69) is 50.9 Å². The van der Waals surface area contributed by atoms with Crippen molar-refractivity contribution >= 4 is 5.78 Å². The van der Waals surface area contributed by atoms with Crippen molar-refractivity contribution < 1.29 is 4.79 Å². The van der Waals surface area contributed by atoms with Crippen molar-refractivity contribution in [1.82, 2.24) is 4.90 Å². The molecule has 0 saturated heterocycles. The largest absolute Gasteiger partial charge is 0.377 e. The molecule has 1 aliphatic heterocycles. The van der Waals surface area contributed by atoms with Gasteiger partial charge in [-0.2, -0.15) is 0 Å². The molecule has 0 radical (unpaired) electrons. The van der Waals surface area contributed by atoms with E-state index in [4.69, 9.17) is 0 Å². The molecule has 1 heterocycles. The zero-order chi connectivity index (χ0) is 18.7. The molecule has 0 unspecified atom stereocenters. The smallest absolute Gasteiger partial charge is 0.191 e. The predicted octanol–water partition coefficient (Wildman–Crippen LogP) is 5.81. The van der Waals surface area contributed by atoms with Crippen molar-refractivity contribution in [2.45, 2.75) is 34.1 Å². The molecule has 0 fully saturated rings. The Morgan fingerprint density at radius 1 is 1.00 bits per heavy atom. The summed E-state index contributed by atoms with van der Waals surface area (Å²) in [5.74, 6) is 0.747. The fourth-order valence-electron chi connectivity index (χ4n) is 3.56. The zero-order valence-electron chi connectivity index (χ0n) is 16.3. The van der Waals surface area contributed by atoms with Crippen LogP contribution in [0.25, 0.3) is 11.1 Å². The second kappa shape index (κ2) is 7.49. The molecule has 2 aromatic rings. The minimum atomic E-state index is -0.0807. The molecule has 0 bridgehead atoms. The second-order valence-electron chi connectivity index (χ2n) is 8.34. The van der Waals surface area contributed by atoms with Crippen LogP contribution in [-0.2, 0) is 0 Å². The minimum absolute atomic E-state index is 0.0807. The first-order valence-electron chi connectivity index (χ1n) is 9.53. The molecule has 2 aromatic carbocycles. The highest BCUT2D eigenvalue weighted by Gasteiger charge is 2.33. The Bertz CT molecular complexity index is 785. The predicted molar refractivity (Wildman–Crippen MR) is 109 cm³/mol. The number of carbonyl (C=O) groups excluding carboxylic acids is 1. The summed E-state index contributed by atoms with van der Waals surface area (Å²) < 4.78 is 0. The first-order chi connectivity index (χ1) is 12.4. The maximum Gasteiger partial charge on any atom is 0.191 e. The molecule has 26 heavy (non-hydrogen) atoms. The van der Waals surface area contributed by atoms with Crippen molar-refractivity contribution in [3.05, 3.63) is 71.9 Å². The van der Waals surface area contributed by atoms with E-state index >= 15 is 0 Å². The lowest BCUT2D eigenvalue weighted by Gasteiger charge is -2.37. The van der Waals surface area contributed by atoms with E-state index in [0.717, 1.165) is 36.2 Å². The van der Waals surface area contributed by atoms with E-state index < -0.39 is 0 Å². The number of Topliss-reactive ketones (excluding diaryl/α,β-unsaturated/α-hetero) is 1. The summed E-state index contributed by atoms with van der Waals surface area (Å²) in [4.78, 5) is 15.5. The normalized spacial score (nSPS) is 16.5. The molecule has 0 amide bonds. The van der Waals surface area contributed by atoms with Crippen LogP contribution in [0.5, 0.6) is 0 Å². The van der Waals surface area contributed by atoms with Crippen LogP contribution in [0.4, 0.5) is 0 Å². The Labute approximate surface area is 157 Å². The van der Waals surface area contributed by atoms with Gasteiger partial charge in [-0.25, -0.2) is 0 Å². The summed E-state index contributed by atoms with van der Waals surface area (Å²) in [5, 5.41) is 0. The van der Waals surface area contributed by atoms with Crippen molar-refractivity contribution in [3.63, 3.8) is 0 Å². The highest BCUT2D eigenvalue weighted by Crippen LogP contribution is 2.37. The Balaban J connectivity index is 1.86. The van der Waals surface area contributed by atoms with Gasteiger partial charge in [-0.05, 0) is 28.9 Å². The number of allylic oxidation sites excluding steroid dienone is 1. The zero-order valence-corrected chi connectivity index (χ0v) is 16.3. The summed E-state index contributed by atoms with van der Waals surface area (Å²) >= 11 is 0. The number of hydrogen-bond donors (Lipinski definition) is 0. The fourth-order valence-corrected chi connectivity index (χ4v) is 3.56. The number of carbonyl (C=O) groups is 1. The topological polar surface area (TPSA) is 20.3 Å². The lowest BCUT2D eigenvalue weighted by Crippen LogP contribution is -2.36. The molecular formula is C24H29NO. The maximum atomic E-state index is 13.2. The van der Waals surface area contributed by atoms with E-state index in [1.807, 2.05) is 42.5 Å². The van der Waals surface area contributed by atoms with Gasteiger partial charge in [0.2, 0.25) is 0 Å². The Morgan fingerprint density at radius 3 is 2.23 bits per heavy atom. The van der Waals surface area contributed by atoms with Gasteiger partial charge in [0, 0.05) is 30.4 Å². The van der Waals surface area contributed by atoms with Gasteiger partial charge in [0.1, 0.15) is 0 Å². The van der Waals surface area contributed by atoms with Gasteiger partial charge in [-0.3, -0.25) is 4.79 Å².